The van der Waals surface area contributed by atoms with Crippen molar-refractivity contribution in [1.82, 2.24) is 5.32 Å². The highest BCUT2D eigenvalue weighted by molar-refractivity contribution is 6.34. The van der Waals surface area contributed by atoms with E-state index in [0.29, 0.717) is 18.5 Å². The van der Waals surface area contributed by atoms with Crippen molar-refractivity contribution < 1.29 is 9.59 Å². The first-order chi connectivity index (χ1) is 9.20. The van der Waals surface area contributed by atoms with Crippen LogP contribution in [0.2, 0.25) is 0 Å². The number of rotatable bonds is 3. The van der Waals surface area contributed by atoms with Gasteiger partial charge in [-0.1, -0.05) is 30.2 Å². The summed E-state index contributed by atoms with van der Waals surface area (Å²) >= 11 is 0. The van der Waals surface area contributed by atoms with Gasteiger partial charge in [-0.2, -0.15) is 0 Å². The fourth-order valence-corrected chi connectivity index (χ4v) is 2.20. The first kappa shape index (κ1) is 13.1. The van der Waals surface area contributed by atoms with Gasteiger partial charge in [0.1, 0.15) is 0 Å². The van der Waals surface area contributed by atoms with Crippen molar-refractivity contribution in [2.24, 2.45) is 0 Å². The molecule has 1 aliphatic rings. The zero-order valence-electron chi connectivity index (χ0n) is 11.0. The van der Waals surface area contributed by atoms with Gasteiger partial charge in [-0.25, -0.2) is 0 Å². The van der Waals surface area contributed by atoms with Crippen LogP contribution in [-0.4, -0.2) is 18.2 Å². The molecule has 1 amide bonds. The standard InChI is InChI=1S/C16H15NO2/c1-3-5-8-12-11-9-6-7-10-13(11)15(18)14(12)16(19)17-4-2/h6-7,9-10H,4,8H2,1-2H3,(H,17,19). The second-order valence-electron chi connectivity index (χ2n) is 4.19. The molecule has 0 radical (unpaired) electrons. The minimum atomic E-state index is -0.309. The summed E-state index contributed by atoms with van der Waals surface area (Å²) in [6.07, 6.45) is 0.422. The van der Waals surface area contributed by atoms with Gasteiger partial charge in [-0.05, 0) is 25.0 Å². The van der Waals surface area contributed by atoms with Gasteiger partial charge >= 0.3 is 0 Å². The van der Waals surface area contributed by atoms with E-state index in [1.54, 1.807) is 19.1 Å². The van der Waals surface area contributed by atoms with Gasteiger partial charge in [0.05, 0.1) is 5.57 Å². The molecule has 0 spiro atoms. The van der Waals surface area contributed by atoms with Gasteiger partial charge in [0.15, 0.2) is 5.78 Å². The Labute approximate surface area is 112 Å². The molecule has 0 saturated heterocycles. The Bertz CT molecular complexity index is 630. The molecule has 0 heterocycles. The molecule has 0 unspecified atom stereocenters. The summed E-state index contributed by atoms with van der Waals surface area (Å²) in [5, 5.41) is 2.69. The van der Waals surface area contributed by atoms with E-state index < -0.39 is 0 Å². The third-order valence-corrected chi connectivity index (χ3v) is 3.03. The summed E-state index contributed by atoms with van der Waals surface area (Å²) in [6, 6.07) is 7.29. The van der Waals surface area contributed by atoms with E-state index in [2.05, 4.69) is 17.2 Å². The number of likely N-dealkylation sites (N-methyl/N-ethyl adjacent to an activating group) is 1. The van der Waals surface area contributed by atoms with Crippen LogP contribution in [0.25, 0.3) is 5.57 Å². The van der Waals surface area contributed by atoms with E-state index >= 15 is 0 Å². The van der Waals surface area contributed by atoms with Crippen LogP contribution in [0.5, 0.6) is 0 Å². The second kappa shape index (κ2) is 5.53. The van der Waals surface area contributed by atoms with Crippen LogP contribution >= 0.6 is 0 Å². The molecule has 0 fully saturated rings. The lowest BCUT2D eigenvalue weighted by atomic mass is 10.0. The van der Waals surface area contributed by atoms with Crippen LogP contribution < -0.4 is 5.32 Å². The van der Waals surface area contributed by atoms with Gasteiger partial charge in [-0.3, -0.25) is 9.59 Å². The number of amides is 1. The number of carbonyl (C=O) groups is 2. The summed E-state index contributed by atoms with van der Waals surface area (Å²) in [5.41, 5.74) is 2.40. The van der Waals surface area contributed by atoms with Gasteiger partial charge in [-0.15, -0.1) is 5.92 Å². The number of nitrogens with one attached hydrogen (secondary N) is 1. The van der Waals surface area contributed by atoms with E-state index in [9.17, 15) is 9.59 Å². The number of hydrogen-bond donors (Lipinski definition) is 1. The van der Waals surface area contributed by atoms with Gasteiger partial charge < -0.3 is 5.32 Å². The Morgan fingerprint density at radius 3 is 2.58 bits per heavy atom. The molecule has 1 N–H and O–H groups in total. The van der Waals surface area contributed by atoms with Crippen molar-refractivity contribution in [2.75, 3.05) is 6.54 Å². The van der Waals surface area contributed by atoms with Crippen molar-refractivity contribution in [1.29, 1.82) is 0 Å². The van der Waals surface area contributed by atoms with Crippen LogP contribution in [0.4, 0.5) is 0 Å². The fourth-order valence-electron chi connectivity index (χ4n) is 2.20. The van der Waals surface area contributed by atoms with Crippen LogP contribution in [0, 0.1) is 11.8 Å². The molecule has 3 nitrogen and oxygen atoms in total. The highest BCUT2D eigenvalue weighted by atomic mass is 16.2. The molecule has 1 aromatic carbocycles. The summed E-state index contributed by atoms with van der Waals surface area (Å²) in [4.78, 5) is 24.4. The molecule has 2 rings (SSSR count). The molecule has 0 aliphatic heterocycles. The van der Waals surface area contributed by atoms with Crippen LogP contribution in [-0.2, 0) is 4.79 Å². The molecule has 3 heteroatoms. The first-order valence-corrected chi connectivity index (χ1v) is 6.25. The van der Waals surface area contributed by atoms with Crippen LogP contribution in [0.3, 0.4) is 0 Å². The molecule has 0 bridgehead atoms. The van der Waals surface area contributed by atoms with Crippen molar-refractivity contribution in [3.8, 4) is 11.8 Å². The van der Waals surface area contributed by atoms with E-state index in [1.807, 2.05) is 19.1 Å². The average Bonchev–Trinajstić information content (AvgIpc) is 2.70. The van der Waals surface area contributed by atoms with Gasteiger partial charge in [0.2, 0.25) is 0 Å². The summed E-state index contributed by atoms with van der Waals surface area (Å²) in [5.74, 6) is 5.23. The Morgan fingerprint density at radius 2 is 1.95 bits per heavy atom. The van der Waals surface area contributed by atoms with Crippen molar-refractivity contribution >= 4 is 17.3 Å². The van der Waals surface area contributed by atoms with Gasteiger partial charge in [0, 0.05) is 18.5 Å². The van der Waals surface area contributed by atoms with E-state index in [4.69, 9.17) is 0 Å². The van der Waals surface area contributed by atoms with Gasteiger partial charge in [0.25, 0.3) is 5.91 Å². The van der Waals surface area contributed by atoms with Crippen molar-refractivity contribution in [3.05, 3.63) is 41.0 Å². The summed E-state index contributed by atoms with van der Waals surface area (Å²) in [6.45, 7) is 4.07. The molecule has 1 aliphatic carbocycles. The first-order valence-electron chi connectivity index (χ1n) is 6.25. The maximum absolute atomic E-state index is 12.3. The predicted octanol–water partition coefficient (Wildman–Crippen LogP) is 2.19. The Morgan fingerprint density at radius 1 is 1.26 bits per heavy atom. The number of carbonyl (C=O) groups excluding carboxylic acids is 2. The Kier molecular flexibility index (Phi) is 3.82. The third kappa shape index (κ3) is 2.30. The molecule has 0 aromatic heterocycles. The molecule has 0 atom stereocenters. The fraction of sp³-hybridized carbons (Fsp3) is 0.250. The minimum Gasteiger partial charge on any atom is -0.352 e. The smallest absolute Gasteiger partial charge is 0.255 e. The molecule has 0 saturated carbocycles. The number of fused-ring (bicyclic) bond motifs is 1. The lowest BCUT2D eigenvalue weighted by Crippen LogP contribution is -2.27. The van der Waals surface area contributed by atoms with E-state index in [-0.39, 0.29) is 17.3 Å². The monoisotopic (exact) mass is 253 g/mol. The topological polar surface area (TPSA) is 46.2 Å². The molecule has 96 valence electrons. The van der Waals surface area contributed by atoms with E-state index in [1.165, 1.54) is 0 Å². The molecule has 19 heavy (non-hydrogen) atoms. The molecular formula is C16H15NO2. The van der Waals surface area contributed by atoms with Crippen molar-refractivity contribution in [3.63, 3.8) is 0 Å². The van der Waals surface area contributed by atoms with Crippen LogP contribution in [0.1, 0.15) is 36.2 Å². The Balaban J connectivity index is 2.54. The largest absolute Gasteiger partial charge is 0.352 e. The third-order valence-electron chi connectivity index (χ3n) is 3.03. The zero-order chi connectivity index (χ0) is 13.8. The number of allylic oxidation sites excluding steroid dienone is 1. The number of ketones is 1. The predicted molar refractivity (Wildman–Crippen MR) is 74.4 cm³/mol. The SMILES string of the molecule is CC#CCC1=C(C(=O)NCC)C(=O)c2ccccc21. The molecular weight excluding hydrogens is 238 g/mol. The lowest BCUT2D eigenvalue weighted by molar-refractivity contribution is -0.117. The summed E-state index contributed by atoms with van der Waals surface area (Å²) in [7, 11) is 0. The highest BCUT2D eigenvalue weighted by Gasteiger charge is 2.32. The quantitative estimate of drug-likeness (QED) is 0.663. The maximum atomic E-state index is 12.3. The zero-order valence-corrected chi connectivity index (χ0v) is 11.0. The highest BCUT2D eigenvalue weighted by Crippen LogP contribution is 2.34. The number of Topliss-reactive ketones (excluding diaryl/α,β-unsaturated/α-hetero) is 1. The average molecular weight is 253 g/mol. The minimum absolute atomic E-state index is 0.200. The Hall–Kier alpha value is -2.34. The second-order valence-corrected chi connectivity index (χ2v) is 4.19. The summed E-state index contributed by atoms with van der Waals surface area (Å²) < 4.78 is 0. The van der Waals surface area contributed by atoms with Crippen molar-refractivity contribution in [2.45, 2.75) is 20.3 Å². The molecule has 1 aromatic rings. The lowest BCUT2D eigenvalue weighted by Gasteiger charge is -2.04. The number of hydrogen-bond acceptors (Lipinski definition) is 2. The van der Waals surface area contributed by atoms with E-state index in [0.717, 1.165) is 11.1 Å². The maximum Gasteiger partial charge on any atom is 0.255 e. The van der Waals surface area contributed by atoms with Crippen LogP contribution in [0.15, 0.2) is 29.8 Å². The normalized spacial score (nSPS) is 12.8. The number of benzene rings is 1.